The molecule has 0 radical (unpaired) electrons. The standard InChI is InChI=1S/C60H40N2O/c1-2-14-41(15-3-1)42-28-34-47(35-29-42)61(49-38-32-44(33-39-49)51-22-13-23-55-54-21-7-11-27-59(54)63-60(51)55)48-36-30-43(31-37-48)45-16-12-17-46(40-45)50-18-4-8-24-56(50)62-57-25-9-5-19-52(57)53-20-6-10-26-58(53)62/h1-40H. The Morgan fingerprint density at radius 2 is 0.762 bits per heavy atom. The molecule has 12 rings (SSSR count). The molecule has 0 spiro atoms. The van der Waals surface area contributed by atoms with Crippen LogP contribution in [0.1, 0.15) is 0 Å². The summed E-state index contributed by atoms with van der Waals surface area (Å²) in [4.78, 5) is 2.34. The van der Waals surface area contributed by atoms with Crippen molar-refractivity contribution in [2.75, 3.05) is 4.90 Å². The minimum Gasteiger partial charge on any atom is -0.455 e. The highest BCUT2D eigenvalue weighted by atomic mass is 16.3. The number of hydrogen-bond donors (Lipinski definition) is 0. The first-order valence-electron chi connectivity index (χ1n) is 21.5. The molecule has 12 aromatic rings. The third kappa shape index (κ3) is 6.38. The Hall–Kier alpha value is -8.40. The van der Waals surface area contributed by atoms with Crippen LogP contribution in [0.3, 0.4) is 0 Å². The van der Waals surface area contributed by atoms with E-state index in [0.29, 0.717) is 0 Å². The number of hydrogen-bond acceptors (Lipinski definition) is 2. The second-order valence-corrected chi connectivity index (χ2v) is 16.1. The molecule has 2 aromatic heterocycles. The number of rotatable bonds is 8. The number of aromatic nitrogens is 1. The average Bonchev–Trinajstić information content (AvgIpc) is 3.91. The lowest BCUT2D eigenvalue weighted by Crippen LogP contribution is -2.09. The molecule has 0 unspecified atom stereocenters. The van der Waals surface area contributed by atoms with Crippen molar-refractivity contribution in [3.8, 4) is 50.2 Å². The fourth-order valence-corrected chi connectivity index (χ4v) is 9.41. The first kappa shape index (κ1) is 36.5. The van der Waals surface area contributed by atoms with Crippen molar-refractivity contribution < 1.29 is 4.42 Å². The van der Waals surface area contributed by atoms with Gasteiger partial charge in [-0.3, -0.25) is 0 Å². The number of nitrogens with zero attached hydrogens (tertiary/aromatic N) is 2. The molecule has 0 amide bonds. The zero-order valence-electron chi connectivity index (χ0n) is 34.4. The molecule has 296 valence electrons. The largest absolute Gasteiger partial charge is 0.455 e. The average molecular weight is 805 g/mol. The Morgan fingerprint density at radius 3 is 1.44 bits per heavy atom. The van der Waals surface area contributed by atoms with E-state index >= 15 is 0 Å². The molecule has 0 atom stereocenters. The maximum Gasteiger partial charge on any atom is 0.143 e. The summed E-state index contributed by atoms with van der Waals surface area (Å²) in [6.07, 6.45) is 0. The van der Waals surface area contributed by atoms with Crippen LogP contribution in [0.25, 0.3) is 93.9 Å². The van der Waals surface area contributed by atoms with E-state index in [1.54, 1.807) is 0 Å². The molecule has 3 nitrogen and oxygen atoms in total. The van der Waals surface area contributed by atoms with Gasteiger partial charge in [-0.25, -0.2) is 0 Å². The van der Waals surface area contributed by atoms with Crippen LogP contribution in [0.4, 0.5) is 17.1 Å². The summed E-state index contributed by atoms with van der Waals surface area (Å²) in [5.74, 6) is 0. The molecular formula is C60H40N2O. The van der Waals surface area contributed by atoms with E-state index in [2.05, 4.69) is 240 Å². The van der Waals surface area contributed by atoms with Crippen LogP contribution in [-0.4, -0.2) is 4.57 Å². The highest BCUT2D eigenvalue weighted by Crippen LogP contribution is 2.41. The van der Waals surface area contributed by atoms with Gasteiger partial charge in [0.15, 0.2) is 0 Å². The summed E-state index contributed by atoms with van der Waals surface area (Å²) in [6.45, 7) is 0. The molecule has 63 heavy (non-hydrogen) atoms. The zero-order valence-corrected chi connectivity index (χ0v) is 34.4. The molecule has 0 N–H and O–H groups in total. The molecule has 0 saturated carbocycles. The van der Waals surface area contributed by atoms with Gasteiger partial charge in [0.25, 0.3) is 0 Å². The Kier molecular flexibility index (Phi) is 8.83. The van der Waals surface area contributed by atoms with Gasteiger partial charge < -0.3 is 13.9 Å². The molecule has 0 aliphatic rings. The van der Waals surface area contributed by atoms with E-state index in [1.165, 1.54) is 49.6 Å². The van der Waals surface area contributed by atoms with Gasteiger partial charge in [0.1, 0.15) is 11.2 Å². The van der Waals surface area contributed by atoms with Gasteiger partial charge >= 0.3 is 0 Å². The summed E-state index contributed by atoms with van der Waals surface area (Å²) < 4.78 is 8.84. The van der Waals surface area contributed by atoms with Crippen molar-refractivity contribution in [1.82, 2.24) is 4.57 Å². The van der Waals surface area contributed by atoms with Crippen molar-refractivity contribution in [1.29, 1.82) is 0 Å². The summed E-state index contributed by atoms with van der Waals surface area (Å²) in [5, 5.41) is 4.78. The van der Waals surface area contributed by atoms with Crippen LogP contribution >= 0.6 is 0 Å². The highest BCUT2D eigenvalue weighted by molar-refractivity contribution is 6.10. The van der Waals surface area contributed by atoms with Crippen LogP contribution in [0.5, 0.6) is 0 Å². The van der Waals surface area contributed by atoms with Crippen molar-refractivity contribution in [3.05, 3.63) is 243 Å². The number of furan rings is 1. The molecule has 3 heteroatoms. The Morgan fingerprint density at radius 1 is 0.302 bits per heavy atom. The number of benzene rings is 10. The molecule has 0 aliphatic carbocycles. The summed E-state index contributed by atoms with van der Waals surface area (Å²) in [5.41, 5.74) is 17.9. The van der Waals surface area contributed by atoms with Gasteiger partial charge in [0.2, 0.25) is 0 Å². The van der Waals surface area contributed by atoms with E-state index in [0.717, 1.165) is 61.4 Å². The Balaban J connectivity index is 0.913. The predicted molar refractivity (Wildman–Crippen MR) is 264 cm³/mol. The van der Waals surface area contributed by atoms with Crippen molar-refractivity contribution in [2.24, 2.45) is 0 Å². The van der Waals surface area contributed by atoms with E-state index in [-0.39, 0.29) is 0 Å². The number of para-hydroxylation sites is 5. The zero-order chi connectivity index (χ0) is 41.7. The second kappa shape index (κ2) is 15.3. The molecule has 0 bridgehead atoms. The quantitative estimate of drug-likeness (QED) is 0.153. The SMILES string of the molecule is c1ccc(-c2ccc(N(c3ccc(-c4cccc(-c5ccccc5-n5c6ccccc6c6ccccc65)c4)cc3)c3ccc(-c4cccc5c4oc4ccccc45)cc3)cc2)cc1. The highest BCUT2D eigenvalue weighted by Gasteiger charge is 2.18. The maximum absolute atomic E-state index is 6.42. The summed E-state index contributed by atoms with van der Waals surface area (Å²) in [7, 11) is 0. The molecule has 0 aliphatic heterocycles. The molecule has 0 fully saturated rings. The van der Waals surface area contributed by atoms with Gasteiger partial charge in [-0.05, 0) is 100 Å². The van der Waals surface area contributed by atoms with Crippen LogP contribution in [0.2, 0.25) is 0 Å². The van der Waals surface area contributed by atoms with Crippen LogP contribution in [-0.2, 0) is 0 Å². The normalized spacial score (nSPS) is 11.5. The number of fused-ring (bicyclic) bond motifs is 6. The molecule has 0 saturated heterocycles. The fraction of sp³-hybridized carbons (Fsp3) is 0. The van der Waals surface area contributed by atoms with Gasteiger partial charge in [-0.1, -0.05) is 176 Å². The predicted octanol–water partition coefficient (Wildman–Crippen LogP) is 16.8. The van der Waals surface area contributed by atoms with E-state index in [4.69, 9.17) is 4.42 Å². The van der Waals surface area contributed by atoms with Crippen LogP contribution in [0, 0.1) is 0 Å². The van der Waals surface area contributed by atoms with Gasteiger partial charge in [0, 0.05) is 49.7 Å². The van der Waals surface area contributed by atoms with Gasteiger partial charge in [-0.2, -0.15) is 0 Å². The third-order valence-corrected chi connectivity index (χ3v) is 12.4. The minimum atomic E-state index is 0.904. The van der Waals surface area contributed by atoms with E-state index < -0.39 is 0 Å². The Bertz CT molecular complexity index is 3550. The first-order chi connectivity index (χ1) is 31.2. The lowest BCUT2D eigenvalue weighted by molar-refractivity contribution is 0.670. The lowest BCUT2D eigenvalue weighted by atomic mass is 9.97. The van der Waals surface area contributed by atoms with E-state index in [1.807, 2.05) is 12.1 Å². The molecule has 10 aromatic carbocycles. The van der Waals surface area contributed by atoms with E-state index in [9.17, 15) is 0 Å². The Labute approximate surface area is 366 Å². The second-order valence-electron chi connectivity index (χ2n) is 16.1. The van der Waals surface area contributed by atoms with Crippen LogP contribution < -0.4 is 4.90 Å². The topological polar surface area (TPSA) is 21.3 Å². The number of anilines is 3. The van der Waals surface area contributed by atoms with Crippen molar-refractivity contribution in [2.45, 2.75) is 0 Å². The van der Waals surface area contributed by atoms with Crippen molar-refractivity contribution in [3.63, 3.8) is 0 Å². The summed E-state index contributed by atoms with van der Waals surface area (Å²) >= 11 is 0. The summed E-state index contributed by atoms with van der Waals surface area (Å²) in [6, 6.07) is 87.0. The first-order valence-corrected chi connectivity index (χ1v) is 21.5. The lowest BCUT2D eigenvalue weighted by Gasteiger charge is -2.26. The van der Waals surface area contributed by atoms with Gasteiger partial charge in [-0.15, -0.1) is 0 Å². The van der Waals surface area contributed by atoms with Crippen molar-refractivity contribution >= 4 is 60.8 Å². The smallest absolute Gasteiger partial charge is 0.143 e. The fourth-order valence-electron chi connectivity index (χ4n) is 9.41. The third-order valence-electron chi connectivity index (χ3n) is 12.4. The maximum atomic E-state index is 6.42. The molecule has 2 heterocycles. The van der Waals surface area contributed by atoms with Crippen LogP contribution in [0.15, 0.2) is 247 Å². The minimum absolute atomic E-state index is 0.904. The molecular weight excluding hydrogens is 765 g/mol. The monoisotopic (exact) mass is 804 g/mol. The van der Waals surface area contributed by atoms with Gasteiger partial charge in [0.05, 0.1) is 16.7 Å².